The fourth-order valence-electron chi connectivity index (χ4n) is 3.19. The molecular formula is C21H20ClN3O4. The van der Waals surface area contributed by atoms with Gasteiger partial charge in [-0.3, -0.25) is 25.2 Å². The minimum absolute atomic E-state index is 0.0199. The minimum atomic E-state index is -0.565. The molecule has 0 aromatic heterocycles. The number of hydrazine groups is 1. The lowest BCUT2D eigenvalue weighted by Crippen LogP contribution is -2.43. The third-order valence-corrected chi connectivity index (χ3v) is 4.80. The molecule has 0 fully saturated rings. The van der Waals surface area contributed by atoms with Crippen LogP contribution in [0.5, 0.6) is 5.75 Å². The van der Waals surface area contributed by atoms with Crippen molar-refractivity contribution in [2.75, 3.05) is 7.11 Å². The van der Waals surface area contributed by atoms with E-state index in [2.05, 4.69) is 10.9 Å². The van der Waals surface area contributed by atoms with Gasteiger partial charge in [-0.25, -0.2) is 0 Å². The van der Waals surface area contributed by atoms with Crippen molar-refractivity contribution in [1.29, 1.82) is 0 Å². The molecule has 150 valence electrons. The number of nitrogens with one attached hydrogen (secondary N) is 2. The first kappa shape index (κ1) is 20.4. The van der Waals surface area contributed by atoms with Crippen molar-refractivity contribution in [2.45, 2.75) is 19.4 Å². The van der Waals surface area contributed by atoms with Crippen LogP contribution >= 0.6 is 11.6 Å². The number of ether oxygens (including phenoxy) is 1. The highest BCUT2D eigenvalue weighted by Gasteiger charge is 2.28. The molecule has 0 radical (unpaired) electrons. The molecule has 7 nitrogen and oxygen atoms in total. The van der Waals surface area contributed by atoms with Crippen molar-refractivity contribution in [1.82, 2.24) is 15.8 Å². The normalized spacial score (nSPS) is 14.7. The quantitative estimate of drug-likeness (QED) is 0.754. The number of carbonyl (C=O) groups excluding carboxylic acids is 3. The molecule has 2 N–H and O–H groups in total. The second kappa shape index (κ2) is 8.79. The van der Waals surface area contributed by atoms with Gasteiger partial charge < -0.3 is 9.64 Å². The summed E-state index contributed by atoms with van der Waals surface area (Å²) >= 11 is 5.94. The largest absolute Gasteiger partial charge is 0.496 e. The summed E-state index contributed by atoms with van der Waals surface area (Å²) in [5, 5.41) is 0.366. The van der Waals surface area contributed by atoms with E-state index in [0.29, 0.717) is 10.8 Å². The SMILES string of the molecule is COc1ccc(Cl)cc1C(=O)NNC(=O)C[C@H]1c2ccccc2C=CN1C(C)=O. The monoisotopic (exact) mass is 413 g/mol. The first-order chi connectivity index (χ1) is 13.9. The van der Waals surface area contributed by atoms with Crippen molar-refractivity contribution in [3.8, 4) is 5.75 Å². The van der Waals surface area contributed by atoms with Gasteiger partial charge in [0.1, 0.15) is 5.75 Å². The Labute approximate surface area is 173 Å². The number of amides is 3. The molecule has 0 spiro atoms. The van der Waals surface area contributed by atoms with Crippen molar-refractivity contribution in [3.63, 3.8) is 0 Å². The number of halogens is 1. The lowest BCUT2D eigenvalue weighted by molar-refractivity contribution is -0.130. The summed E-state index contributed by atoms with van der Waals surface area (Å²) in [5.41, 5.74) is 6.75. The van der Waals surface area contributed by atoms with Gasteiger partial charge in [0.05, 0.1) is 25.1 Å². The Morgan fingerprint density at radius 1 is 1.14 bits per heavy atom. The highest BCUT2D eigenvalue weighted by Crippen LogP contribution is 2.32. The van der Waals surface area contributed by atoms with E-state index in [0.717, 1.165) is 11.1 Å². The molecule has 2 aromatic rings. The smallest absolute Gasteiger partial charge is 0.273 e. The van der Waals surface area contributed by atoms with Crippen molar-refractivity contribution in [2.24, 2.45) is 0 Å². The fourth-order valence-corrected chi connectivity index (χ4v) is 3.36. The zero-order valence-electron chi connectivity index (χ0n) is 15.9. The number of fused-ring (bicyclic) bond motifs is 1. The van der Waals surface area contributed by atoms with Gasteiger partial charge in [0.2, 0.25) is 11.8 Å². The summed E-state index contributed by atoms with van der Waals surface area (Å²) in [6.07, 6.45) is 3.48. The summed E-state index contributed by atoms with van der Waals surface area (Å²) in [6.45, 7) is 1.44. The number of nitrogens with zero attached hydrogens (tertiary/aromatic N) is 1. The minimum Gasteiger partial charge on any atom is -0.496 e. The third kappa shape index (κ3) is 4.57. The lowest BCUT2D eigenvalue weighted by Gasteiger charge is -2.32. The van der Waals surface area contributed by atoms with Crippen LogP contribution in [0.1, 0.15) is 40.9 Å². The molecule has 0 saturated carbocycles. The summed E-state index contributed by atoms with van der Waals surface area (Å²) in [6, 6.07) is 11.7. The topological polar surface area (TPSA) is 87.7 Å². The van der Waals surface area contributed by atoms with Crippen LogP contribution in [-0.2, 0) is 9.59 Å². The van der Waals surface area contributed by atoms with E-state index in [9.17, 15) is 14.4 Å². The zero-order valence-corrected chi connectivity index (χ0v) is 16.7. The molecule has 3 rings (SSSR count). The Balaban J connectivity index is 1.70. The number of benzene rings is 2. The highest BCUT2D eigenvalue weighted by atomic mass is 35.5. The molecule has 3 amide bonds. The molecule has 0 bridgehead atoms. The van der Waals surface area contributed by atoms with Gasteiger partial charge in [0.25, 0.3) is 5.91 Å². The number of hydrogen-bond donors (Lipinski definition) is 2. The van der Waals surface area contributed by atoms with E-state index in [1.807, 2.05) is 30.3 Å². The van der Waals surface area contributed by atoms with Gasteiger partial charge in [0, 0.05) is 18.1 Å². The van der Waals surface area contributed by atoms with Crippen molar-refractivity contribution >= 4 is 35.4 Å². The number of carbonyl (C=O) groups is 3. The molecule has 0 unspecified atom stereocenters. The Bertz CT molecular complexity index is 990. The molecule has 29 heavy (non-hydrogen) atoms. The number of methoxy groups -OCH3 is 1. The maximum Gasteiger partial charge on any atom is 0.273 e. The summed E-state index contributed by atoms with van der Waals surface area (Å²) in [5.74, 6) is -0.859. The van der Waals surface area contributed by atoms with Crippen LogP contribution in [0.4, 0.5) is 0 Å². The van der Waals surface area contributed by atoms with Gasteiger partial charge in [-0.2, -0.15) is 0 Å². The van der Waals surface area contributed by atoms with Gasteiger partial charge in [0.15, 0.2) is 0 Å². The molecule has 1 atom stereocenters. The van der Waals surface area contributed by atoms with Crippen LogP contribution in [0.15, 0.2) is 48.7 Å². The van der Waals surface area contributed by atoms with Crippen LogP contribution in [0, 0.1) is 0 Å². The van der Waals surface area contributed by atoms with E-state index >= 15 is 0 Å². The lowest BCUT2D eigenvalue weighted by atomic mass is 9.93. The van der Waals surface area contributed by atoms with Crippen LogP contribution in [-0.4, -0.2) is 29.7 Å². The molecule has 1 aliphatic rings. The highest BCUT2D eigenvalue weighted by molar-refractivity contribution is 6.31. The zero-order chi connectivity index (χ0) is 21.0. The first-order valence-electron chi connectivity index (χ1n) is 8.89. The van der Waals surface area contributed by atoms with Gasteiger partial charge >= 0.3 is 0 Å². The average molecular weight is 414 g/mol. The van der Waals surface area contributed by atoms with Crippen molar-refractivity contribution < 1.29 is 19.1 Å². The fraction of sp³-hybridized carbons (Fsp3) is 0.190. The van der Waals surface area contributed by atoms with Crippen LogP contribution in [0.2, 0.25) is 5.02 Å². The third-order valence-electron chi connectivity index (χ3n) is 4.57. The molecule has 8 heteroatoms. The van der Waals surface area contributed by atoms with Crippen molar-refractivity contribution in [3.05, 3.63) is 70.4 Å². The summed E-state index contributed by atoms with van der Waals surface area (Å²) in [7, 11) is 1.43. The van der Waals surface area contributed by atoms with Gasteiger partial charge in [-0.05, 0) is 35.4 Å². The van der Waals surface area contributed by atoms with Crippen LogP contribution < -0.4 is 15.6 Å². The predicted molar refractivity (Wildman–Crippen MR) is 109 cm³/mol. The van der Waals surface area contributed by atoms with E-state index in [4.69, 9.17) is 16.3 Å². The number of hydrogen-bond acceptors (Lipinski definition) is 4. The Morgan fingerprint density at radius 3 is 2.62 bits per heavy atom. The standard InChI is InChI=1S/C21H20ClN3O4/c1-13(26)25-10-9-14-5-3-4-6-16(14)18(25)12-20(27)23-24-21(28)17-11-15(22)7-8-19(17)29-2/h3-11,18H,12H2,1-2H3,(H,23,27)(H,24,28)/t18-/m0/s1. The molecule has 0 saturated heterocycles. The average Bonchev–Trinajstić information content (AvgIpc) is 2.72. The van der Waals surface area contributed by atoms with E-state index in [-0.39, 0.29) is 17.9 Å². The van der Waals surface area contributed by atoms with Gasteiger partial charge in [-0.1, -0.05) is 35.9 Å². The maximum absolute atomic E-state index is 12.5. The predicted octanol–water partition coefficient (Wildman–Crippen LogP) is 3.07. The van der Waals surface area contributed by atoms with E-state index in [1.54, 1.807) is 18.3 Å². The second-order valence-corrected chi connectivity index (χ2v) is 6.87. The Morgan fingerprint density at radius 2 is 1.90 bits per heavy atom. The Hall–Kier alpha value is -3.32. The van der Waals surface area contributed by atoms with E-state index < -0.39 is 17.9 Å². The van der Waals surface area contributed by atoms with Gasteiger partial charge in [-0.15, -0.1) is 0 Å². The molecule has 1 aliphatic heterocycles. The molecule has 1 heterocycles. The summed E-state index contributed by atoms with van der Waals surface area (Å²) in [4.78, 5) is 38.4. The van der Waals surface area contributed by atoms with E-state index in [1.165, 1.54) is 25.0 Å². The van der Waals surface area contributed by atoms with Crippen LogP contribution in [0.3, 0.4) is 0 Å². The molecular weight excluding hydrogens is 394 g/mol. The first-order valence-corrected chi connectivity index (χ1v) is 9.27. The molecule has 2 aromatic carbocycles. The Kier molecular flexibility index (Phi) is 6.19. The van der Waals surface area contributed by atoms with Crippen LogP contribution in [0.25, 0.3) is 6.08 Å². The summed E-state index contributed by atoms with van der Waals surface area (Å²) < 4.78 is 5.15. The molecule has 0 aliphatic carbocycles. The second-order valence-electron chi connectivity index (χ2n) is 6.44. The number of rotatable bonds is 4. The maximum atomic E-state index is 12.5.